The number of nitriles is 1. The van der Waals surface area contributed by atoms with E-state index in [1.807, 2.05) is 12.1 Å². The summed E-state index contributed by atoms with van der Waals surface area (Å²) < 4.78 is 5.43. The molecule has 1 fully saturated rings. The van der Waals surface area contributed by atoms with Gasteiger partial charge in [-0.1, -0.05) is 30.3 Å². The SMILES string of the molecule is N#Cc1ccc(N2CCC(C(=O)O[C@H](C(N)=O)c3ccccc3)CC2)nc1. The van der Waals surface area contributed by atoms with E-state index in [9.17, 15) is 9.59 Å². The quantitative estimate of drug-likeness (QED) is 0.812. The van der Waals surface area contributed by atoms with Gasteiger partial charge >= 0.3 is 5.97 Å². The zero-order valence-corrected chi connectivity index (χ0v) is 14.7. The van der Waals surface area contributed by atoms with Crippen molar-refractivity contribution in [1.82, 2.24) is 4.98 Å². The van der Waals surface area contributed by atoms with Crippen LogP contribution in [0.5, 0.6) is 0 Å². The van der Waals surface area contributed by atoms with Crippen molar-refractivity contribution in [3.63, 3.8) is 0 Å². The average Bonchev–Trinajstić information content (AvgIpc) is 2.72. The predicted molar refractivity (Wildman–Crippen MR) is 98.4 cm³/mol. The Balaban J connectivity index is 1.59. The number of nitrogens with zero attached hydrogens (tertiary/aromatic N) is 3. The minimum atomic E-state index is -1.07. The number of primary amides is 1. The van der Waals surface area contributed by atoms with Crippen LogP contribution in [0.2, 0.25) is 0 Å². The number of rotatable bonds is 5. The van der Waals surface area contributed by atoms with Crippen LogP contribution in [0, 0.1) is 17.2 Å². The highest BCUT2D eigenvalue weighted by atomic mass is 16.5. The maximum Gasteiger partial charge on any atom is 0.310 e. The minimum Gasteiger partial charge on any atom is -0.447 e. The van der Waals surface area contributed by atoms with Crippen LogP contribution in [0.3, 0.4) is 0 Å². The second-order valence-corrected chi connectivity index (χ2v) is 6.41. The highest BCUT2D eigenvalue weighted by Crippen LogP contribution is 2.25. The van der Waals surface area contributed by atoms with Crippen molar-refractivity contribution in [2.45, 2.75) is 18.9 Å². The normalized spacial score (nSPS) is 15.6. The molecule has 0 unspecified atom stereocenters. The van der Waals surface area contributed by atoms with Crippen LogP contribution in [0.4, 0.5) is 5.82 Å². The zero-order valence-electron chi connectivity index (χ0n) is 14.7. The van der Waals surface area contributed by atoms with Crippen molar-refractivity contribution in [3.8, 4) is 6.07 Å². The van der Waals surface area contributed by atoms with Crippen LogP contribution < -0.4 is 10.6 Å². The molecule has 27 heavy (non-hydrogen) atoms. The highest BCUT2D eigenvalue weighted by molar-refractivity contribution is 5.84. The van der Waals surface area contributed by atoms with Crippen molar-refractivity contribution in [3.05, 3.63) is 59.8 Å². The minimum absolute atomic E-state index is 0.287. The predicted octanol–water partition coefficient (Wildman–Crippen LogP) is 1.94. The molecule has 1 atom stereocenters. The molecule has 7 heteroatoms. The summed E-state index contributed by atoms with van der Waals surface area (Å²) >= 11 is 0. The van der Waals surface area contributed by atoms with Crippen molar-refractivity contribution in [2.75, 3.05) is 18.0 Å². The maximum atomic E-state index is 12.5. The summed E-state index contributed by atoms with van der Waals surface area (Å²) in [4.78, 5) is 30.6. The molecule has 0 spiro atoms. The standard InChI is InChI=1S/C20H20N4O3/c21-12-14-6-7-17(23-13-14)24-10-8-16(9-11-24)20(26)27-18(19(22)25)15-4-2-1-3-5-15/h1-7,13,16,18H,8-11H2,(H2,22,25)/t18-/m0/s1. The van der Waals surface area contributed by atoms with Crippen molar-refractivity contribution in [1.29, 1.82) is 5.26 Å². The first-order valence-corrected chi connectivity index (χ1v) is 8.74. The van der Waals surface area contributed by atoms with Gasteiger partial charge in [-0.15, -0.1) is 0 Å². The fourth-order valence-electron chi connectivity index (χ4n) is 3.11. The zero-order chi connectivity index (χ0) is 19.2. The third kappa shape index (κ3) is 4.42. The van der Waals surface area contributed by atoms with Gasteiger partial charge in [0.1, 0.15) is 11.9 Å². The summed E-state index contributed by atoms with van der Waals surface area (Å²) in [6, 6.07) is 14.3. The molecule has 3 rings (SSSR count). The molecule has 1 aliphatic heterocycles. The molecule has 1 saturated heterocycles. The first-order chi connectivity index (χ1) is 13.1. The lowest BCUT2D eigenvalue weighted by atomic mass is 9.96. The van der Waals surface area contributed by atoms with E-state index in [0.717, 1.165) is 5.82 Å². The van der Waals surface area contributed by atoms with E-state index in [4.69, 9.17) is 15.7 Å². The van der Waals surface area contributed by atoms with Gasteiger partial charge in [0.2, 0.25) is 6.10 Å². The second kappa shape index (κ2) is 8.32. The van der Waals surface area contributed by atoms with E-state index < -0.39 is 18.0 Å². The Morgan fingerprint density at radius 1 is 1.19 bits per heavy atom. The summed E-state index contributed by atoms with van der Waals surface area (Å²) in [6.45, 7) is 1.29. The fraction of sp³-hybridized carbons (Fsp3) is 0.300. The molecule has 0 radical (unpaired) electrons. The Labute approximate surface area is 157 Å². The molecule has 1 aromatic carbocycles. The fourth-order valence-corrected chi connectivity index (χ4v) is 3.11. The number of piperidine rings is 1. The lowest BCUT2D eigenvalue weighted by Crippen LogP contribution is -2.38. The van der Waals surface area contributed by atoms with E-state index in [1.165, 1.54) is 6.20 Å². The van der Waals surface area contributed by atoms with Gasteiger partial charge in [0.25, 0.3) is 5.91 Å². The third-order valence-corrected chi connectivity index (χ3v) is 4.62. The van der Waals surface area contributed by atoms with E-state index in [-0.39, 0.29) is 5.92 Å². The Morgan fingerprint density at radius 2 is 1.89 bits per heavy atom. The van der Waals surface area contributed by atoms with E-state index >= 15 is 0 Å². The van der Waals surface area contributed by atoms with Crippen LogP contribution in [-0.2, 0) is 14.3 Å². The lowest BCUT2D eigenvalue weighted by Gasteiger charge is -2.32. The summed E-state index contributed by atoms with van der Waals surface area (Å²) in [5.41, 5.74) is 6.49. The summed E-state index contributed by atoms with van der Waals surface area (Å²) in [5, 5.41) is 8.84. The Bertz CT molecular complexity index is 838. The molecule has 1 aliphatic rings. The van der Waals surface area contributed by atoms with Crippen LogP contribution >= 0.6 is 0 Å². The number of aromatic nitrogens is 1. The maximum absolute atomic E-state index is 12.5. The summed E-state index contributed by atoms with van der Waals surface area (Å²) in [5.74, 6) is -0.603. The molecule has 0 bridgehead atoms. The number of hydrogen-bond acceptors (Lipinski definition) is 6. The molecule has 0 saturated carbocycles. The lowest BCUT2D eigenvalue weighted by molar-refractivity contribution is -0.160. The molecule has 2 N–H and O–H groups in total. The second-order valence-electron chi connectivity index (χ2n) is 6.41. The first kappa shape index (κ1) is 18.4. The van der Waals surface area contributed by atoms with Gasteiger partial charge < -0.3 is 15.4 Å². The third-order valence-electron chi connectivity index (χ3n) is 4.62. The van der Waals surface area contributed by atoms with E-state index in [0.29, 0.717) is 37.1 Å². The number of ether oxygens (including phenoxy) is 1. The molecule has 0 aliphatic carbocycles. The molecule has 1 amide bonds. The highest BCUT2D eigenvalue weighted by Gasteiger charge is 2.30. The van der Waals surface area contributed by atoms with Gasteiger partial charge in [-0.2, -0.15) is 5.26 Å². The van der Waals surface area contributed by atoms with Gasteiger partial charge in [-0.3, -0.25) is 9.59 Å². The molecule has 2 aromatic rings. The number of hydrogen-bond donors (Lipinski definition) is 1. The largest absolute Gasteiger partial charge is 0.447 e. The van der Waals surface area contributed by atoms with Gasteiger partial charge in [-0.25, -0.2) is 4.98 Å². The monoisotopic (exact) mass is 364 g/mol. The molecule has 1 aromatic heterocycles. The number of esters is 1. The van der Waals surface area contributed by atoms with E-state index in [2.05, 4.69) is 9.88 Å². The van der Waals surface area contributed by atoms with Gasteiger partial charge in [0.05, 0.1) is 11.5 Å². The molecule has 7 nitrogen and oxygen atoms in total. The topological polar surface area (TPSA) is 109 Å². The average molecular weight is 364 g/mol. The van der Waals surface area contributed by atoms with Crippen molar-refractivity contribution in [2.24, 2.45) is 11.7 Å². The summed E-state index contributed by atoms with van der Waals surface area (Å²) in [6.07, 6.45) is 1.66. The Hall–Kier alpha value is -3.40. The molecule has 138 valence electrons. The Kier molecular flexibility index (Phi) is 5.67. The van der Waals surface area contributed by atoms with Crippen LogP contribution in [0.1, 0.15) is 30.1 Å². The Morgan fingerprint density at radius 3 is 2.44 bits per heavy atom. The van der Waals surface area contributed by atoms with Crippen LogP contribution in [-0.4, -0.2) is 29.9 Å². The number of carbonyl (C=O) groups is 2. The first-order valence-electron chi connectivity index (χ1n) is 8.74. The molecular weight excluding hydrogens is 344 g/mol. The van der Waals surface area contributed by atoms with Crippen molar-refractivity contribution < 1.29 is 14.3 Å². The number of amides is 1. The van der Waals surface area contributed by atoms with E-state index in [1.54, 1.807) is 36.4 Å². The number of pyridine rings is 1. The molecular formula is C20H20N4O3. The number of benzene rings is 1. The smallest absolute Gasteiger partial charge is 0.310 e. The van der Waals surface area contributed by atoms with Gasteiger partial charge in [0, 0.05) is 24.8 Å². The van der Waals surface area contributed by atoms with Crippen molar-refractivity contribution >= 4 is 17.7 Å². The van der Waals surface area contributed by atoms with Gasteiger partial charge in [-0.05, 0) is 25.0 Å². The van der Waals surface area contributed by atoms with Gasteiger partial charge in [0.15, 0.2) is 0 Å². The number of nitrogens with two attached hydrogens (primary N) is 1. The number of anilines is 1. The van der Waals surface area contributed by atoms with Crippen LogP contribution in [0.25, 0.3) is 0 Å². The number of carbonyl (C=O) groups excluding carboxylic acids is 2. The molecule has 2 heterocycles. The van der Waals surface area contributed by atoms with Crippen LogP contribution in [0.15, 0.2) is 48.7 Å². The summed E-state index contributed by atoms with van der Waals surface area (Å²) in [7, 11) is 0.